The number of H-pyrrole nitrogens is 2. The number of rotatable bonds is 2. The molecule has 5 nitrogen and oxygen atoms in total. The summed E-state index contributed by atoms with van der Waals surface area (Å²) < 4.78 is 0. The topological polar surface area (TPSA) is 85.9 Å². The molecule has 0 aliphatic carbocycles. The van der Waals surface area contributed by atoms with E-state index in [0.29, 0.717) is 11.3 Å². The standard InChI is InChI=1S/C10H8N2O3/c13-9-5-8(11-12-9)6-2-1-3-7(4-6)10(14)15/h1-5H,(H,14,15)(H2,11,12,13). The fourth-order valence-electron chi connectivity index (χ4n) is 1.31. The lowest BCUT2D eigenvalue weighted by molar-refractivity contribution is 0.0697. The highest BCUT2D eigenvalue weighted by molar-refractivity contribution is 5.89. The van der Waals surface area contributed by atoms with Crippen LogP contribution in [-0.4, -0.2) is 21.3 Å². The Kier molecular flexibility index (Phi) is 2.13. The van der Waals surface area contributed by atoms with Crippen LogP contribution in [0.1, 0.15) is 10.4 Å². The number of aromatic nitrogens is 2. The molecule has 0 saturated carbocycles. The minimum atomic E-state index is -0.991. The predicted octanol–water partition coefficient (Wildman–Crippen LogP) is 1.07. The van der Waals surface area contributed by atoms with Gasteiger partial charge in [0.1, 0.15) is 0 Å². The second-order valence-electron chi connectivity index (χ2n) is 3.06. The van der Waals surface area contributed by atoms with Crippen molar-refractivity contribution in [3.8, 4) is 11.3 Å². The van der Waals surface area contributed by atoms with Gasteiger partial charge in [-0.25, -0.2) is 4.79 Å². The van der Waals surface area contributed by atoms with Crippen molar-refractivity contribution < 1.29 is 9.90 Å². The molecule has 0 bridgehead atoms. The van der Waals surface area contributed by atoms with Crippen LogP contribution in [0.15, 0.2) is 35.1 Å². The lowest BCUT2D eigenvalue weighted by Crippen LogP contribution is -1.95. The van der Waals surface area contributed by atoms with Crippen molar-refractivity contribution in [2.24, 2.45) is 0 Å². The van der Waals surface area contributed by atoms with Crippen LogP contribution in [-0.2, 0) is 0 Å². The molecule has 0 aliphatic heterocycles. The van der Waals surface area contributed by atoms with E-state index < -0.39 is 5.97 Å². The summed E-state index contributed by atoms with van der Waals surface area (Å²) in [5.74, 6) is -0.991. The van der Waals surface area contributed by atoms with Gasteiger partial charge in [0.05, 0.1) is 11.3 Å². The molecule has 0 unspecified atom stereocenters. The van der Waals surface area contributed by atoms with Gasteiger partial charge < -0.3 is 5.11 Å². The van der Waals surface area contributed by atoms with Crippen molar-refractivity contribution in [2.75, 3.05) is 0 Å². The number of hydrogen-bond donors (Lipinski definition) is 3. The maximum absolute atomic E-state index is 10.9. The van der Waals surface area contributed by atoms with Gasteiger partial charge in [0.2, 0.25) is 0 Å². The van der Waals surface area contributed by atoms with Crippen LogP contribution in [0.4, 0.5) is 0 Å². The van der Waals surface area contributed by atoms with Crippen molar-refractivity contribution in [1.82, 2.24) is 10.2 Å². The Morgan fingerprint density at radius 2 is 2.00 bits per heavy atom. The molecule has 1 aromatic heterocycles. The van der Waals surface area contributed by atoms with Gasteiger partial charge in [-0.3, -0.25) is 15.0 Å². The number of benzene rings is 1. The van der Waals surface area contributed by atoms with Gasteiger partial charge in [-0.05, 0) is 12.1 Å². The highest BCUT2D eigenvalue weighted by atomic mass is 16.4. The zero-order valence-corrected chi connectivity index (χ0v) is 7.65. The van der Waals surface area contributed by atoms with E-state index in [0.717, 1.165) is 0 Å². The van der Waals surface area contributed by atoms with Crippen LogP contribution in [0.25, 0.3) is 11.3 Å². The molecule has 1 aromatic carbocycles. The minimum Gasteiger partial charge on any atom is -0.478 e. The van der Waals surface area contributed by atoms with Crippen LogP contribution in [0.2, 0.25) is 0 Å². The van der Waals surface area contributed by atoms with Gasteiger partial charge in [0.25, 0.3) is 5.56 Å². The molecular formula is C10H8N2O3. The third-order valence-corrected chi connectivity index (χ3v) is 2.02. The SMILES string of the molecule is O=C(O)c1cccc(-c2cc(=O)[nH][nH]2)c1. The van der Waals surface area contributed by atoms with Crippen LogP contribution in [0, 0.1) is 0 Å². The highest BCUT2D eigenvalue weighted by Crippen LogP contribution is 2.16. The Morgan fingerprint density at radius 1 is 1.20 bits per heavy atom. The average Bonchev–Trinajstić information content (AvgIpc) is 2.65. The summed E-state index contributed by atoms with van der Waals surface area (Å²) in [7, 11) is 0. The molecule has 76 valence electrons. The fraction of sp³-hybridized carbons (Fsp3) is 0. The molecule has 2 rings (SSSR count). The summed E-state index contributed by atoms with van der Waals surface area (Å²) in [5.41, 5.74) is 1.18. The Bertz CT molecular complexity index is 554. The van der Waals surface area contributed by atoms with Crippen molar-refractivity contribution in [1.29, 1.82) is 0 Å². The first-order valence-electron chi connectivity index (χ1n) is 4.28. The Balaban J connectivity index is 2.49. The lowest BCUT2D eigenvalue weighted by atomic mass is 10.1. The first-order chi connectivity index (χ1) is 7.16. The molecule has 0 radical (unpaired) electrons. The number of carbonyl (C=O) groups is 1. The van der Waals surface area contributed by atoms with E-state index in [9.17, 15) is 9.59 Å². The molecule has 0 atom stereocenters. The number of hydrogen-bond acceptors (Lipinski definition) is 2. The maximum atomic E-state index is 10.9. The van der Waals surface area contributed by atoms with Crippen LogP contribution < -0.4 is 5.56 Å². The smallest absolute Gasteiger partial charge is 0.335 e. The van der Waals surface area contributed by atoms with Gasteiger partial charge in [0, 0.05) is 11.6 Å². The molecule has 0 fully saturated rings. The first-order valence-corrected chi connectivity index (χ1v) is 4.28. The van der Waals surface area contributed by atoms with Gasteiger partial charge >= 0.3 is 5.97 Å². The van der Waals surface area contributed by atoms with Crippen LogP contribution >= 0.6 is 0 Å². The van der Waals surface area contributed by atoms with Crippen LogP contribution in [0.5, 0.6) is 0 Å². The zero-order valence-electron chi connectivity index (χ0n) is 7.65. The van der Waals surface area contributed by atoms with E-state index in [2.05, 4.69) is 10.2 Å². The van der Waals surface area contributed by atoms with E-state index in [4.69, 9.17) is 5.11 Å². The number of nitrogens with one attached hydrogen (secondary N) is 2. The third kappa shape index (κ3) is 1.80. The normalized spacial score (nSPS) is 10.1. The van der Waals surface area contributed by atoms with E-state index >= 15 is 0 Å². The second kappa shape index (κ2) is 3.45. The van der Waals surface area contributed by atoms with Gasteiger partial charge in [0.15, 0.2) is 0 Å². The van der Waals surface area contributed by atoms with Gasteiger partial charge in [-0.2, -0.15) is 0 Å². The monoisotopic (exact) mass is 204 g/mol. The molecule has 5 heteroatoms. The number of aromatic carboxylic acids is 1. The molecule has 0 spiro atoms. The third-order valence-electron chi connectivity index (χ3n) is 2.02. The average molecular weight is 204 g/mol. The number of carboxylic acids is 1. The van der Waals surface area contributed by atoms with Crippen molar-refractivity contribution >= 4 is 5.97 Å². The molecule has 1 heterocycles. The van der Waals surface area contributed by atoms with Crippen molar-refractivity contribution in [3.63, 3.8) is 0 Å². The molecule has 15 heavy (non-hydrogen) atoms. The summed E-state index contributed by atoms with van der Waals surface area (Å²) in [4.78, 5) is 21.6. The van der Waals surface area contributed by atoms with E-state index in [1.165, 1.54) is 18.2 Å². The maximum Gasteiger partial charge on any atom is 0.335 e. The summed E-state index contributed by atoms with van der Waals surface area (Å²) >= 11 is 0. The van der Waals surface area contributed by atoms with E-state index in [1.54, 1.807) is 12.1 Å². The summed E-state index contributed by atoms with van der Waals surface area (Å²) in [5, 5.41) is 13.8. The van der Waals surface area contributed by atoms with Crippen molar-refractivity contribution in [2.45, 2.75) is 0 Å². The highest BCUT2D eigenvalue weighted by Gasteiger charge is 2.05. The number of carboxylic acid groups (broad SMARTS) is 1. The molecule has 3 N–H and O–H groups in total. The minimum absolute atomic E-state index is 0.189. The summed E-state index contributed by atoms with van der Waals surface area (Å²) in [6.45, 7) is 0. The molecule has 0 aliphatic rings. The van der Waals surface area contributed by atoms with Crippen molar-refractivity contribution in [3.05, 3.63) is 46.2 Å². The van der Waals surface area contributed by atoms with E-state index in [1.807, 2.05) is 0 Å². The molecule has 0 saturated heterocycles. The number of aromatic amines is 2. The molecular weight excluding hydrogens is 196 g/mol. The summed E-state index contributed by atoms with van der Waals surface area (Å²) in [6.07, 6.45) is 0. The Hall–Kier alpha value is -2.30. The zero-order chi connectivity index (χ0) is 10.8. The van der Waals surface area contributed by atoms with Gasteiger partial charge in [-0.15, -0.1) is 0 Å². The van der Waals surface area contributed by atoms with Crippen LogP contribution in [0.3, 0.4) is 0 Å². The van der Waals surface area contributed by atoms with E-state index in [-0.39, 0.29) is 11.1 Å². The Labute approximate surface area is 84.4 Å². The lowest BCUT2D eigenvalue weighted by Gasteiger charge is -1.98. The summed E-state index contributed by atoms with van der Waals surface area (Å²) in [6, 6.07) is 7.73. The largest absolute Gasteiger partial charge is 0.478 e. The fourth-order valence-corrected chi connectivity index (χ4v) is 1.31. The van der Waals surface area contributed by atoms with Gasteiger partial charge in [-0.1, -0.05) is 12.1 Å². The predicted molar refractivity (Wildman–Crippen MR) is 53.8 cm³/mol. The second-order valence-corrected chi connectivity index (χ2v) is 3.06. The Morgan fingerprint density at radius 3 is 2.60 bits per heavy atom. The quantitative estimate of drug-likeness (QED) is 0.683. The first kappa shape index (κ1) is 9.26. The molecule has 2 aromatic rings. The molecule has 0 amide bonds.